The quantitative estimate of drug-likeness (QED) is 0.723. The zero-order chi connectivity index (χ0) is 12.4. The molecule has 2 atom stereocenters. The second-order valence-electron chi connectivity index (χ2n) is 5.66. The Morgan fingerprint density at radius 2 is 2.28 bits per heavy atom. The first-order chi connectivity index (χ1) is 8.83. The van der Waals surface area contributed by atoms with Crippen molar-refractivity contribution in [1.82, 2.24) is 15.5 Å². The van der Waals surface area contributed by atoms with Crippen LogP contribution in [-0.4, -0.2) is 61.8 Å². The number of nitrogens with zero attached hydrogens (tertiary/aromatic N) is 1. The third-order valence-electron chi connectivity index (χ3n) is 4.08. The highest BCUT2D eigenvalue weighted by Gasteiger charge is 2.34. The fraction of sp³-hybridized carbons (Fsp3) is 0.923. The summed E-state index contributed by atoms with van der Waals surface area (Å²) in [6, 6.07) is 0.909. The lowest BCUT2D eigenvalue weighted by Gasteiger charge is -2.36. The van der Waals surface area contributed by atoms with Crippen molar-refractivity contribution in [3.63, 3.8) is 0 Å². The van der Waals surface area contributed by atoms with Crippen LogP contribution in [0, 0.1) is 0 Å². The molecule has 1 aliphatic carbocycles. The third kappa shape index (κ3) is 3.02. The van der Waals surface area contributed by atoms with Gasteiger partial charge in [-0.15, -0.1) is 0 Å². The van der Waals surface area contributed by atoms with Gasteiger partial charge < -0.3 is 15.4 Å². The van der Waals surface area contributed by atoms with E-state index < -0.39 is 0 Å². The number of nitrogens with one attached hydrogen (secondary N) is 2. The van der Waals surface area contributed by atoms with Gasteiger partial charge in [-0.25, -0.2) is 0 Å². The van der Waals surface area contributed by atoms with Crippen LogP contribution < -0.4 is 10.6 Å². The van der Waals surface area contributed by atoms with E-state index in [1.807, 2.05) is 0 Å². The minimum absolute atomic E-state index is 0.0817. The summed E-state index contributed by atoms with van der Waals surface area (Å²) >= 11 is 0. The van der Waals surface area contributed by atoms with Gasteiger partial charge in [-0.2, -0.15) is 0 Å². The van der Waals surface area contributed by atoms with Gasteiger partial charge in [0.2, 0.25) is 5.91 Å². The van der Waals surface area contributed by atoms with E-state index in [1.54, 1.807) is 0 Å². The monoisotopic (exact) mass is 253 g/mol. The van der Waals surface area contributed by atoms with Crippen LogP contribution in [-0.2, 0) is 9.53 Å². The predicted molar refractivity (Wildman–Crippen MR) is 68.4 cm³/mol. The number of rotatable bonds is 4. The van der Waals surface area contributed by atoms with E-state index in [0.29, 0.717) is 18.7 Å². The molecule has 2 saturated heterocycles. The number of ether oxygens (including phenoxy) is 1. The van der Waals surface area contributed by atoms with Gasteiger partial charge in [0.1, 0.15) is 6.04 Å². The van der Waals surface area contributed by atoms with Crippen molar-refractivity contribution >= 4 is 5.91 Å². The Kier molecular flexibility index (Phi) is 3.82. The minimum atomic E-state index is -0.0817. The zero-order valence-electron chi connectivity index (χ0n) is 10.9. The van der Waals surface area contributed by atoms with Crippen LogP contribution in [0.1, 0.15) is 25.7 Å². The van der Waals surface area contributed by atoms with Crippen molar-refractivity contribution in [2.24, 2.45) is 0 Å². The number of morpholine rings is 1. The van der Waals surface area contributed by atoms with Crippen LogP contribution in [0.15, 0.2) is 0 Å². The van der Waals surface area contributed by atoms with Crippen LogP contribution >= 0.6 is 0 Å². The maximum atomic E-state index is 12.2. The topological polar surface area (TPSA) is 53.6 Å². The Morgan fingerprint density at radius 1 is 1.39 bits per heavy atom. The maximum absolute atomic E-state index is 12.2. The molecule has 1 saturated carbocycles. The fourth-order valence-corrected chi connectivity index (χ4v) is 2.82. The summed E-state index contributed by atoms with van der Waals surface area (Å²) < 4.78 is 5.48. The first-order valence-electron chi connectivity index (χ1n) is 7.18. The second-order valence-corrected chi connectivity index (χ2v) is 5.66. The molecule has 0 aromatic carbocycles. The Balaban J connectivity index is 1.55. The van der Waals surface area contributed by atoms with Gasteiger partial charge in [0, 0.05) is 25.2 Å². The summed E-state index contributed by atoms with van der Waals surface area (Å²) in [4.78, 5) is 14.5. The van der Waals surface area contributed by atoms with E-state index in [0.717, 1.165) is 39.1 Å². The molecule has 5 heteroatoms. The highest BCUT2D eigenvalue weighted by Crippen LogP contribution is 2.20. The van der Waals surface area contributed by atoms with Gasteiger partial charge in [-0.05, 0) is 32.2 Å². The molecule has 0 aromatic heterocycles. The predicted octanol–water partition coefficient (Wildman–Crippen LogP) is -0.282. The van der Waals surface area contributed by atoms with Crippen molar-refractivity contribution in [3.05, 3.63) is 0 Å². The average molecular weight is 253 g/mol. The van der Waals surface area contributed by atoms with Crippen molar-refractivity contribution < 1.29 is 9.53 Å². The Labute approximate surface area is 108 Å². The number of hydrogen-bond donors (Lipinski definition) is 2. The summed E-state index contributed by atoms with van der Waals surface area (Å²) in [6.07, 6.45) is 4.77. The molecule has 2 heterocycles. The van der Waals surface area contributed by atoms with Crippen LogP contribution in [0.4, 0.5) is 0 Å². The lowest BCUT2D eigenvalue weighted by atomic mass is 10.1. The molecule has 2 N–H and O–H groups in total. The molecule has 1 amide bonds. The van der Waals surface area contributed by atoms with E-state index in [4.69, 9.17) is 4.74 Å². The second kappa shape index (κ2) is 5.55. The molecular weight excluding hydrogens is 230 g/mol. The molecular formula is C13H23N3O2. The highest BCUT2D eigenvalue weighted by atomic mass is 16.5. The lowest BCUT2D eigenvalue weighted by Crippen LogP contribution is -2.56. The Morgan fingerprint density at radius 3 is 3.00 bits per heavy atom. The van der Waals surface area contributed by atoms with E-state index in [2.05, 4.69) is 15.5 Å². The van der Waals surface area contributed by atoms with Gasteiger partial charge >= 0.3 is 0 Å². The SMILES string of the molecule is O=C(NC1CC1)C1COCCN1C[C@@H]1CCCN1. The van der Waals surface area contributed by atoms with E-state index >= 15 is 0 Å². The van der Waals surface area contributed by atoms with Crippen molar-refractivity contribution in [1.29, 1.82) is 0 Å². The zero-order valence-corrected chi connectivity index (χ0v) is 10.9. The number of hydrogen-bond acceptors (Lipinski definition) is 4. The summed E-state index contributed by atoms with van der Waals surface area (Å²) in [5, 5.41) is 6.60. The molecule has 102 valence electrons. The number of carbonyl (C=O) groups is 1. The van der Waals surface area contributed by atoms with Crippen molar-refractivity contribution in [2.45, 2.75) is 43.8 Å². The first-order valence-corrected chi connectivity index (χ1v) is 7.18. The van der Waals surface area contributed by atoms with Gasteiger partial charge in [-0.3, -0.25) is 9.69 Å². The Bertz CT molecular complexity index is 301. The number of amides is 1. The van der Waals surface area contributed by atoms with Crippen LogP contribution in [0.3, 0.4) is 0 Å². The van der Waals surface area contributed by atoms with Gasteiger partial charge in [0.05, 0.1) is 13.2 Å². The first kappa shape index (κ1) is 12.4. The van der Waals surface area contributed by atoms with Crippen molar-refractivity contribution in [2.75, 3.05) is 32.8 Å². The smallest absolute Gasteiger partial charge is 0.239 e. The standard InChI is InChI=1S/C13H23N3O2/c17-13(15-10-3-4-10)12-9-18-7-6-16(12)8-11-2-1-5-14-11/h10-12,14H,1-9H2,(H,15,17)/t11-,12?/m0/s1. The molecule has 3 fully saturated rings. The summed E-state index contributed by atoms with van der Waals surface area (Å²) in [5.74, 6) is 0.162. The molecule has 2 aliphatic heterocycles. The molecule has 0 bridgehead atoms. The number of carbonyl (C=O) groups excluding carboxylic acids is 1. The Hall–Kier alpha value is -0.650. The van der Waals surface area contributed by atoms with Gasteiger partial charge in [-0.1, -0.05) is 0 Å². The summed E-state index contributed by atoms with van der Waals surface area (Å²) in [5.41, 5.74) is 0. The van der Waals surface area contributed by atoms with Crippen LogP contribution in [0.2, 0.25) is 0 Å². The molecule has 3 aliphatic rings. The average Bonchev–Trinajstić information content (AvgIpc) is 3.04. The van der Waals surface area contributed by atoms with E-state index in [1.165, 1.54) is 12.8 Å². The normalized spacial score (nSPS) is 33.6. The van der Waals surface area contributed by atoms with E-state index in [-0.39, 0.29) is 11.9 Å². The maximum Gasteiger partial charge on any atom is 0.239 e. The van der Waals surface area contributed by atoms with Crippen LogP contribution in [0.25, 0.3) is 0 Å². The van der Waals surface area contributed by atoms with Gasteiger partial charge in [0.25, 0.3) is 0 Å². The largest absolute Gasteiger partial charge is 0.378 e. The summed E-state index contributed by atoms with van der Waals surface area (Å²) in [7, 11) is 0. The summed E-state index contributed by atoms with van der Waals surface area (Å²) in [6.45, 7) is 4.27. The fourth-order valence-electron chi connectivity index (χ4n) is 2.82. The minimum Gasteiger partial charge on any atom is -0.378 e. The molecule has 0 aromatic rings. The lowest BCUT2D eigenvalue weighted by molar-refractivity contribution is -0.132. The van der Waals surface area contributed by atoms with Crippen molar-refractivity contribution in [3.8, 4) is 0 Å². The van der Waals surface area contributed by atoms with Crippen LogP contribution in [0.5, 0.6) is 0 Å². The third-order valence-corrected chi connectivity index (χ3v) is 4.08. The molecule has 5 nitrogen and oxygen atoms in total. The molecule has 18 heavy (non-hydrogen) atoms. The molecule has 0 spiro atoms. The molecule has 3 rings (SSSR count). The molecule has 0 radical (unpaired) electrons. The molecule has 1 unspecified atom stereocenters. The highest BCUT2D eigenvalue weighted by molar-refractivity contribution is 5.82. The van der Waals surface area contributed by atoms with Gasteiger partial charge in [0.15, 0.2) is 0 Å². The van der Waals surface area contributed by atoms with E-state index in [9.17, 15) is 4.79 Å².